The standard InChI is InChI=1S/C43H76O7/c1-4-5-6-7-19-24-30-39(44)31-25-21-22-26-32-40(45)33-28-35-43(48)50-37-41(46)36-49-42(47)34-27-20-17-15-13-11-9-8-10-12-14-16-18-23-29-38(2)3/h19,21-22,24-26,31-32,38-41,44-46H,4-18,20,23,27-30,33-37H2,1-3H3/b22-21+,24-19-,31-25+,32-26-/t39-,40-,41-/m1/s1. The summed E-state index contributed by atoms with van der Waals surface area (Å²) in [5.74, 6) is 0.0436. The molecule has 0 aromatic rings. The van der Waals surface area contributed by atoms with Crippen molar-refractivity contribution in [2.75, 3.05) is 13.2 Å². The molecule has 50 heavy (non-hydrogen) atoms. The fourth-order valence-electron chi connectivity index (χ4n) is 5.52. The molecule has 7 heteroatoms. The Balaban J connectivity index is 3.68. The van der Waals surface area contributed by atoms with Gasteiger partial charge in [-0.3, -0.25) is 9.59 Å². The first-order valence-electron chi connectivity index (χ1n) is 20.3. The third-order valence-electron chi connectivity index (χ3n) is 8.69. The van der Waals surface area contributed by atoms with E-state index in [1.807, 2.05) is 6.08 Å². The summed E-state index contributed by atoms with van der Waals surface area (Å²) in [6.07, 6.45) is 38.0. The zero-order valence-electron chi connectivity index (χ0n) is 32.3. The third kappa shape index (κ3) is 37.0. The Morgan fingerprint density at radius 1 is 0.540 bits per heavy atom. The van der Waals surface area contributed by atoms with Crippen molar-refractivity contribution in [3.8, 4) is 0 Å². The van der Waals surface area contributed by atoms with Crippen LogP contribution >= 0.6 is 0 Å². The highest BCUT2D eigenvalue weighted by molar-refractivity contribution is 5.69. The lowest BCUT2D eigenvalue weighted by atomic mass is 10.0. The quantitative estimate of drug-likeness (QED) is 0.0260. The number of allylic oxidation sites excluding steroid dienone is 5. The zero-order chi connectivity index (χ0) is 36.9. The fourth-order valence-corrected chi connectivity index (χ4v) is 5.52. The average molecular weight is 705 g/mol. The van der Waals surface area contributed by atoms with E-state index in [-0.39, 0.29) is 25.6 Å². The molecule has 3 N–H and O–H groups in total. The van der Waals surface area contributed by atoms with E-state index in [0.29, 0.717) is 25.7 Å². The monoisotopic (exact) mass is 705 g/mol. The lowest BCUT2D eigenvalue weighted by Crippen LogP contribution is -2.25. The number of carbonyl (C=O) groups excluding carboxylic acids is 2. The molecule has 0 rings (SSSR count). The molecule has 0 heterocycles. The molecule has 0 bridgehead atoms. The van der Waals surface area contributed by atoms with Crippen molar-refractivity contribution in [3.63, 3.8) is 0 Å². The molecule has 0 aliphatic carbocycles. The first-order chi connectivity index (χ1) is 24.2. The second-order valence-corrected chi connectivity index (χ2v) is 14.3. The largest absolute Gasteiger partial charge is 0.463 e. The Kier molecular flexibility index (Phi) is 34.9. The predicted octanol–water partition coefficient (Wildman–Crippen LogP) is 10.4. The molecule has 3 atom stereocenters. The first-order valence-corrected chi connectivity index (χ1v) is 20.3. The molecule has 0 amide bonds. The molecule has 0 saturated carbocycles. The van der Waals surface area contributed by atoms with Gasteiger partial charge < -0.3 is 24.8 Å². The predicted molar refractivity (Wildman–Crippen MR) is 208 cm³/mol. The summed E-state index contributed by atoms with van der Waals surface area (Å²) in [4.78, 5) is 24.0. The van der Waals surface area contributed by atoms with Crippen LogP contribution in [-0.2, 0) is 19.1 Å². The van der Waals surface area contributed by atoms with Crippen molar-refractivity contribution in [2.45, 2.75) is 193 Å². The van der Waals surface area contributed by atoms with Crippen LogP contribution in [0.3, 0.4) is 0 Å². The van der Waals surface area contributed by atoms with Gasteiger partial charge in [0, 0.05) is 12.8 Å². The molecule has 290 valence electrons. The summed E-state index contributed by atoms with van der Waals surface area (Å²) in [7, 11) is 0. The summed E-state index contributed by atoms with van der Waals surface area (Å²) < 4.78 is 10.2. The number of esters is 2. The minimum atomic E-state index is -1.06. The normalized spacial score (nSPS) is 14.1. The molecule has 0 aliphatic rings. The molecular formula is C43H76O7. The Hall–Kier alpha value is -2.22. The Morgan fingerprint density at radius 2 is 1.02 bits per heavy atom. The highest BCUT2D eigenvalue weighted by Crippen LogP contribution is 2.15. The van der Waals surface area contributed by atoms with E-state index in [9.17, 15) is 24.9 Å². The van der Waals surface area contributed by atoms with E-state index in [1.54, 1.807) is 36.5 Å². The van der Waals surface area contributed by atoms with Gasteiger partial charge in [-0.2, -0.15) is 0 Å². The van der Waals surface area contributed by atoms with E-state index in [2.05, 4.69) is 26.8 Å². The van der Waals surface area contributed by atoms with Crippen molar-refractivity contribution in [1.82, 2.24) is 0 Å². The minimum Gasteiger partial charge on any atom is -0.463 e. The van der Waals surface area contributed by atoms with Crippen LogP contribution in [0, 0.1) is 5.92 Å². The maximum Gasteiger partial charge on any atom is 0.305 e. The lowest BCUT2D eigenvalue weighted by Gasteiger charge is -2.12. The van der Waals surface area contributed by atoms with E-state index in [4.69, 9.17) is 9.47 Å². The van der Waals surface area contributed by atoms with Crippen molar-refractivity contribution in [2.24, 2.45) is 5.92 Å². The highest BCUT2D eigenvalue weighted by Gasteiger charge is 2.12. The minimum absolute atomic E-state index is 0.125. The van der Waals surface area contributed by atoms with Gasteiger partial charge in [0.05, 0.1) is 12.2 Å². The smallest absolute Gasteiger partial charge is 0.305 e. The van der Waals surface area contributed by atoms with Crippen LogP contribution in [0.15, 0.2) is 48.6 Å². The van der Waals surface area contributed by atoms with Gasteiger partial charge in [-0.1, -0.05) is 172 Å². The number of ether oxygens (including phenoxy) is 2. The summed E-state index contributed by atoms with van der Waals surface area (Å²) >= 11 is 0. The maximum atomic E-state index is 12.0. The number of unbranched alkanes of at least 4 members (excludes halogenated alkanes) is 16. The second-order valence-electron chi connectivity index (χ2n) is 14.3. The fraction of sp³-hybridized carbons (Fsp3) is 0.767. The van der Waals surface area contributed by atoms with Crippen LogP contribution in [0.25, 0.3) is 0 Å². The van der Waals surface area contributed by atoms with Crippen LogP contribution in [0.4, 0.5) is 0 Å². The SMILES string of the molecule is CCCCC/C=C\C[C@@H](O)/C=C/C=C/C=C\[C@@H](O)CCCC(=O)OC[C@H](O)COC(=O)CCCCCCCCCCCCCCCCC(C)C. The van der Waals surface area contributed by atoms with Crippen LogP contribution in [0.2, 0.25) is 0 Å². The average Bonchev–Trinajstić information content (AvgIpc) is 3.09. The van der Waals surface area contributed by atoms with E-state index in [1.165, 1.54) is 96.3 Å². The molecule has 7 nitrogen and oxygen atoms in total. The van der Waals surface area contributed by atoms with E-state index < -0.39 is 24.3 Å². The lowest BCUT2D eigenvalue weighted by molar-refractivity contribution is -0.152. The molecule has 0 aromatic carbocycles. The summed E-state index contributed by atoms with van der Waals surface area (Å²) in [5.41, 5.74) is 0. The summed E-state index contributed by atoms with van der Waals surface area (Å²) in [5, 5.41) is 30.1. The molecule has 0 aliphatic heterocycles. The number of aliphatic hydroxyl groups excluding tert-OH is 3. The number of hydrogen-bond donors (Lipinski definition) is 3. The van der Waals surface area contributed by atoms with Gasteiger partial charge in [0.2, 0.25) is 0 Å². The number of carbonyl (C=O) groups is 2. The highest BCUT2D eigenvalue weighted by atomic mass is 16.6. The number of rotatable bonds is 35. The molecule has 0 unspecified atom stereocenters. The Bertz CT molecular complexity index is 892. The molecule has 0 aromatic heterocycles. The molecule has 0 fully saturated rings. The zero-order valence-corrected chi connectivity index (χ0v) is 32.3. The second kappa shape index (κ2) is 36.6. The van der Waals surface area contributed by atoms with Gasteiger partial charge in [0.1, 0.15) is 19.3 Å². The third-order valence-corrected chi connectivity index (χ3v) is 8.69. The maximum absolute atomic E-state index is 12.0. The van der Waals surface area contributed by atoms with Gasteiger partial charge in [-0.15, -0.1) is 0 Å². The molecule has 0 saturated heterocycles. The van der Waals surface area contributed by atoms with Gasteiger partial charge in [0.25, 0.3) is 0 Å². The number of aliphatic hydroxyl groups is 3. The van der Waals surface area contributed by atoms with E-state index >= 15 is 0 Å². The topological polar surface area (TPSA) is 113 Å². The Labute approximate surface area is 306 Å². The van der Waals surface area contributed by atoms with Crippen LogP contribution in [0.1, 0.15) is 175 Å². The van der Waals surface area contributed by atoms with E-state index in [0.717, 1.165) is 31.6 Å². The summed E-state index contributed by atoms with van der Waals surface area (Å²) in [6.45, 7) is 6.38. The van der Waals surface area contributed by atoms with Gasteiger partial charge in [-0.05, 0) is 44.4 Å². The van der Waals surface area contributed by atoms with Gasteiger partial charge in [0.15, 0.2) is 0 Å². The van der Waals surface area contributed by atoms with Crippen molar-refractivity contribution < 1.29 is 34.4 Å². The van der Waals surface area contributed by atoms with Crippen LogP contribution in [0.5, 0.6) is 0 Å². The molecule has 0 spiro atoms. The molecule has 0 radical (unpaired) electrons. The van der Waals surface area contributed by atoms with Crippen molar-refractivity contribution >= 4 is 11.9 Å². The van der Waals surface area contributed by atoms with Crippen molar-refractivity contribution in [1.29, 1.82) is 0 Å². The first kappa shape index (κ1) is 47.8. The van der Waals surface area contributed by atoms with Crippen molar-refractivity contribution in [3.05, 3.63) is 48.6 Å². The van der Waals surface area contributed by atoms with Crippen LogP contribution < -0.4 is 0 Å². The summed E-state index contributed by atoms with van der Waals surface area (Å²) in [6, 6.07) is 0. The Morgan fingerprint density at radius 3 is 1.54 bits per heavy atom. The number of hydrogen-bond acceptors (Lipinski definition) is 7. The van der Waals surface area contributed by atoms with Gasteiger partial charge in [-0.25, -0.2) is 0 Å². The van der Waals surface area contributed by atoms with Crippen LogP contribution in [-0.4, -0.2) is 58.8 Å². The molecular weight excluding hydrogens is 628 g/mol. The van der Waals surface area contributed by atoms with Gasteiger partial charge >= 0.3 is 11.9 Å².